The van der Waals surface area contributed by atoms with Crippen LogP contribution in [0.1, 0.15) is 5.56 Å². The van der Waals surface area contributed by atoms with E-state index in [1.165, 1.54) is 32.2 Å². The molecule has 1 aromatic heterocycles. The van der Waals surface area contributed by atoms with Gasteiger partial charge in [0.15, 0.2) is 11.0 Å². The molecule has 0 radical (unpaired) electrons. The third-order valence-corrected chi connectivity index (χ3v) is 6.68. The molecule has 0 spiro atoms. The molecule has 11 heteroatoms. The van der Waals surface area contributed by atoms with Crippen LogP contribution in [0.4, 0.5) is 0 Å². The molecule has 3 aromatic carbocycles. The summed E-state index contributed by atoms with van der Waals surface area (Å²) in [6.45, 7) is 0. The highest BCUT2D eigenvalue weighted by atomic mass is 79.9. The third kappa shape index (κ3) is 6.30. The van der Waals surface area contributed by atoms with Gasteiger partial charge in [0.25, 0.3) is 5.91 Å². The Morgan fingerprint density at radius 3 is 2.30 bits per heavy atom. The summed E-state index contributed by atoms with van der Waals surface area (Å²) in [5, 5.41) is 13.4. The van der Waals surface area contributed by atoms with Crippen LogP contribution >= 0.6 is 27.7 Å². The number of halogens is 1. The van der Waals surface area contributed by atoms with Gasteiger partial charge in [-0.3, -0.25) is 9.36 Å². The molecule has 4 rings (SSSR count). The number of hydrogen-bond acceptors (Lipinski definition) is 8. The van der Waals surface area contributed by atoms with E-state index in [0.717, 1.165) is 15.7 Å². The largest absolute Gasteiger partial charge is 0.496 e. The first-order chi connectivity index (χ1) is 18.0. The lowest BCUT2D eigenvalue weighted by molar-refractivity contribution is -0.118. The molecule has 0 atom stereocenters. The number of thioether (sulfide) groups is 1. The van der Waals surface area contributed by atoms with Gasteiger partial charge in [-0.1, -0.05) is 58.0 Å². The molecule has 0 saturated heterocycles. The van der Waals surface area contributed by atoms with E-state index in [1.54, 1.807) is 19.2 Å². The smallest absolute Gasteiger partial charge is 0.250 e. The quantitative estimate of drug-likeness (QED) is 0.160. The number of carbonyl (C=O) groups excluding carboxylic acids is 1. The molecule has 0 aliphatic rings. The topological polar surface area (TPSA) is 99.9 Å². The summed E-state index contributed by atoms with van der Waals surface area (Å²) >= 11 is 4.73. The van der Waals surface area contributed by atoms with Crippen molar-refractivity contribution in [2.75, 3.05) is 27.1 Å². The van der Waals surface area contributed by atoms with Crippen molar-refractivity contribution in [3.05, 3.63) is 76.8 Å². The molecule has 0 fully saturated rings. The number of hydrazone groups is 1. The monoisotopic (exact) mass is 581 g/mol. The number of ether oxygens (including phenoxy) is 3. The summed E-state index contributed by atoms with van der Waals surface area (Å²) in [6, 6.07) is 21.0. The van der Waals surface area contributed by atoms with Crippen LogP contribution in [0.25, 0.3) is 17.1 Å². The Hall–Kier alpha value is -3.83. The first kappa shape index (κ1) is 26.2. The number of carbonyl (C=O) groups is 1. The second kappa shape index (κ2) is 12.4. The lowest BCUT2D eigenvalue weighted by atomic mass is 10.2. The molecule has 190 valence electrons. The number of nitrogens with zero attached hydrogens (tertiary/aromatic N) is 4. The van der Waals surface area contributed by atoms with Crippen LogP contribution in [0, 0.1) is 0 Å². The van der Waals surface area contributed by atoms with Crippen molar-refractivity contribution in [3.63, 3.8) is 0 Å². The minimum Gasteiger partial charge on any atom is -0.496 e. The zero-order valence-corrected chi connectivity index (χ0v) is 22.7. The summed E-state index contributed by atoms with van der Waals surface area (Å²) in [7, 11) is 4.62. The number of hydrogen-bond donors (Lipinski definition) is 1. The van der Waals surface area contributed by atoms with E-state index in [2.05, 4.69) is 36.7 Å². The minimum atomic E-state index is -0.306. The molecule has 0 saturated carbocycles. The number of aromatic nitrogens is 3. The SMILES string of the molecule is COc1cc(OC)c(/C=N\NC(=O)CSc2nnc(-c3ccccc3)n2-c2ccc(Br)cc2)c(OC)c1. The molecule has 9 nitrogen and oxygen atoms in total. The number of nitrogens with one attached hydrogen (secondary N) is 1. The minimum absolute atomic E-state index is 0.0810. The molecular formula is C26H24BrN5O4S. The highest BCUT2D eigenvalue weighted by Crippen LogP contribution is 2.33. The molecule has 0 aliphatic heterocycles. The van der Waals surface area contributed by atoms with Crippen LogP contribution < -0.4 is 19.6 Å². The van der Waals surface area contributed by atoms with Crippen molar-refractivity contribution in [1.82, 2.24) is 20.2 Å². The maximum absolute atomic E-state index is 12.6. The van der Waals surface area contributed by atoms with Crippen molar-refractivity contribution >= 4 is 39.8 Å². The molecule has 4 aromatic rings. The van der Waals surface area contributed by atoms with Gasteiger partial charge < -0.3 is 14.2 Å². The molecule has 1 N–H and O–H groups in total. The van der Waals surface area contributed by atoms with Crippen molar-refractivity contribution < 1.29 is 19.0 Å². The van der Waals surface area contributed by atoms with E-state index < -0.39 is 0 Å². The fourth-order valence-electron chi connectivity index (χ4n) is 3.45. The predicted octanol–water partition coefficient (Wildman–Crippen LogP) is 4.97. The molecule has 0 unspecified atom stereocenters. The van der Waals surface area contributed by atoms with Gasteiger partial charge in [-0.2, -0.15) is 5.10 Å². The second-order valence-corrected chi connectivity index (χ2v) is 9.37. The maximum atomic E-state index is 12.6. The zero-order chi connectivity index (χ0) is 26.2. The van der Waals surface area contributed by atoms with Crippen molar-refractivity contribution in [3.8, 4) is 34.3 Å². The van der Waals surface area contributed by atoms with Crippen LogP contribution in [-0.4, -0.2) is 54.0 Å². The van der Waals surface area contributed by atoms with E-state index in [0.29, 0.717) is 33.8 Å². The first-order valence-corrected chi connectivity index (χ1v) is 12.8. The fraction of sp³-hybridized carbons (Fsp3) is 0.154. The van der Waals surface area contributed by atoms with E-state index in [1.807, 2.05) is 59.2 Å². The van der Waals surface area contributed by atoms with Gasteiger partial charge in [-0.15, -0.1) is 10.2 Å². The van der Waals surface area contributed by atoms with Crippen LogP contribution in [0.2, 0.25) is 0 Å². The molecular weight excluding hydrogens is 558 g/mol. The Labute approximate surface area is 227 Å². The van der Waals surface area contributed by atoms with Gasteiger partial charge in [0.05, 0.1) is 38.9 Å². The molecule has 1 amide bonds. The summed E-state index contributed by atoms with van der Waals surface area (Å²) in [6.07, 6.45) is 1.47. The van der Waals surface area contributed by atoms with Crippen LogP contribution in [-0.2, 0) is 4.79 Å². The Morgan fingerprint density at radius 2 is 1.68 bits per heavy atom. The summed E-state index contributed by atoms with van der Waals surface area (Å²) in [4.78, 5) is 12.6. The van der Waals surface area contributed by atoms with Crippen molar-refractivity contribution in [2.45, 2.75) is 5.16 Å². The van der Waals surface area contributed by atoms with E-state index in [4.69, 9.17) is 14.2 Å². The summed E-state index contributed by atoms with van der Waals surface area (Å²) < 4.78 is 19.0. The second-order valence-electron chi connectivity index (χ2n) is 7.51. The van der Waals surface area contributed by atoms with Crippen LogP contribution in [0.5, 0.6) is 17.2 Å². The van der Waals surface area contributed by atoms with Gasteiger partial charge in [0.2, 0.25) is 0 Å². The highest BCUT2D eigenvalue weighted by molar-refractivity contribution is 9.10. The lowest BCUT2D eigenvalue weighted by Gasteiger charge is -2.12. The zero-order valence-electron chi connectivity index (χ0n) is 20.3. The molecule has 0 bridgehead atoms. The van der Waals surface area contributed by atoms with Gasteiger partial charge in [-0.25, -0.2) is 5.43 Å². The average molecular weight is 582 g/mol. The maximum Gasteiger partial charge on any atom is 0.250 e. The normalized spacial score (nSPS) is 10.9. The predicted molar refractivity (Wildman–Crippen MR) is 147 cm³/mol. The van der Waals surface area contributed by atoms with Crippen molar-refractivity contribution in [2.24, 2.45) is 5.10 Å². The van der Waals surface area contributed by atoms with E-state index in [-0.39, 0.29) is 11.7 Å². The Balaban J connectivity index is 1.50. The fourth-order valence-corrected chi connectivity index (χ4v) is 4.46. The highest BCUT2D eigenvalue weighted by Gasteiger charge is 2.17. The Morgan fingerprint density at radius 1 is 1.00 bits per heavy atom. The third-order valence-electron chi connectivity index (χ3n) is 5.22. The van der Waals surface area contributed by atoms with Crippen LogP contribution in [0.15, 0.2) is 81.5 Å². The summed E-state index contributed by atoms with van der Waals surface area (Å²) in [5.41, 5.74) is 4.91. The summed E-state index contributed by atoms with van der Waals surface area (Å²) in [5.74, 6) is 2.04. The van der Waals surface area contributed by atoms with E-state index >= 15 is 0 Å². The standard InChI is InChI=1S/C26H24BrN5O4S/c1-34-20-13-22(35-2)21(23(14-20)36-3)15-28-29-24(33)16-37-26-31-30-25(17-7-5-4-6-8-17)32(26)19-11-9-18(27)10-12-19/h4-15H,16H2,1-3H3,(H,29,33)/b28-15-. The first-order valence-electron chi connectivity index (χ1n) is 11.1. The van der Waals surface area contributed by atoms with Crippen molar-refractivity contribution in [1.29, 1.82) is 0 Å². The number of amides is 1. The van der Waals surface area contributed by atoms with E-state index in [9.17, 15) is 4.79 Å². The molecule has 0 aliphatic carbocycles. The van der Waals surface area contributed by atoms with Gasteiger partial charge in [0.1, 0.15) is 17.2 Å². The van der Waals surface area contributed by atoms with Crippen LogP contribution in [0.3, 0.4) is 0 Å². The number of rotatable bonds is 10. The van der Waals surface area contributed by atoms with Gasteiger partial charge in [-0.05, 0) is 24.3 Å². The van der Waals surface area contributed by atoms with Gasteiger partial charge >= 0.3 is 0 Å². The number of benzene rings is 3. The Bertz CT molecular complexity index is 1370. The average Bonchev–Trinajstić information content (AvgIpc) is 3.36. The molecule has 1 heterocycles. The molecule has 37 heavy (non-hydrogen) atoms. The van der Waals surface area contributed by atoms with Gasteiger partial charge in [0, 0.05) is 27.9 Å². The lowest BCUT2D eigenvalue weighted by Crippen LogP contribution is -2.20. The Kier molecular flexibility index (Phi) is 8.81. The number of methoxy groups -OCH3 is 3.